The molecule has 1 N–H and O–H groups in total. The molecule has 11 heteroatoms. The fourth-order valence-corrected chi connectivity index (χ4v) is 6.86. The predicted octanol–water partition coefficient (Wildman–Crippen LogP) is 5.92. The average Bonchev–Trinajstić information content (AvgIpc) is 3.87. The van der Waals surface area contributed by atoms with Crippen molar-refractivity contribution in [2.75, 3.05) is 12.9 Å². The summed E-state index contributed by atoms with van der Waals surface area (Å²) in [6, 6.07) is 31.4. The van der Waals surface area contributed by atoms with Crippen molar-refractivity contribution in [3.05, 3.63) is 130 Å². The van der Waals surface area contributed by atoms with Crippen molar-refractivity contribution in [3.63, 3.8) is 0 Å². The summed E-state index contributed by atoms with van der Waals surface area (Å²) in [6.45, 7) is 0.846. The van der Waals surface area contributed by atoms with Gasteiger partial charge in [-0.25, -0.2) is 5.01 Å². The van der Waals surface area contributed by atoms with Gasteiger partial charge in [0.15, 0.2) is 11.0 Å². The Labute approximate surface area is 276 Å². The third-order valence-corrected chi connectivity index (χ3v) is 9.58. The third-order valence-electron chi connectivity index (χ3n) is 7.71. The molecule has 0 saturated carbocycles. The summed E-state index contributed by atoms with van der Waals surface area (Å²) < 4.78 is 7.34. The zero-order valence-electron chi connectivity index (χ0n) is 25.4. The number of aryl methyl sites for hydroxylation is 1. The maximum Gasteiger partial charge on any atom is 0.253 e. The Balaban J connectivity index is 1.17. The minimum absolute atomic E-state index is 0.0915. The van der Waals surface area contributed by atoms with Gasteiger partial charge < -0.3 is 14.6 Å². The molecular weight excluding hydrogens is 617 g/mol. The molecule has 234 valence electrons. The predicted molar refractivity (Wildman–Crippen MR) is 181 cm³/mol. The van der Waals surface area contributed by atoms with Crippen LogP contribution in [0.25, 0.3) is 0 Å². The van der Waals surface area contributed by atoms with Crippen molar-refractivity contribution >= 4 is 40.6 Å². The Morgan fingerprint density at radius 3 is 2.37 bits per heavy atom. The summed E-state index contributed by atoms with van der Waals surface area (Å²) in [7, 11) is 1.64. The van der Waals surface area contributed by atoms with Crippen molar-refractivity contribution in [2.45, 2.75) is 43.6 Å². The summed E-state index contributed by atoms with van der Waals surface area (Å²) >= 11 is 2.95. The van der Waals surface area contributed by atoms with Crippen LogP contribution in [0.4, 0.5) is 0 Å². The van der Waals surface area contributed by atoms with Crippen LogP contribution < -0.4 is 10.1 Å². The van der Waals surface area contributed by atoms with Crippen LogP contribution in [-0.4, -0.2) is 50.2 Å². The molecule has 1 aliphatic rings. The topological polar surface area (TPSA) is 102 Å². The fourth-order valence-electron chi connectivity index (χ4n) is 5.30. The molecular formula is C35H34N6O3S2. The minimum atomic E-state index is -0.220. The van der Waals surface area contributed by atoms with Gasteiger partial charge in [0.1, 0.15) is 5.75 Å². The van der Waals surface area contributed by atoms with Crippen molar-refractivity contribution in [2.24, 2.45) is 5.10 Å². The Hall–Kier alpha value is -4.74. The van der Waals surface area contributed by atoms with Gasteiger partial charge in [-0.05, 0) is 46.7 Å². The number of amides is 2. The van der Waals surface area contributed by atoms with E-state index in [1.165, 1.54) is 17.3 Å². The van der Waals surface area contributed by atoms with E-state index >= 15 is 0 Å². The van der Waals surface area contributed by atoms with E-state index in [0.717, 1.165) is 33.9 Å². The van der Waals surface area contributed by atoms with Crippen LogP contribution >= 0.6 is 23.1 Å². The molecule has 3 heterocycles. The second-order valence-electron chi connectivity index (χ2n) is 10.8. The number of nitrogens with one attached hydrogen (secondary N) is 1. The summed E-state index contributed by atoms with van der Waals surface area (Å²) in [6.07, 6.45) is 1.67. The van der Waals surface area contributed by atoms with Crippen LogP contribution in [0, 0.1) is 0 Å². The SMILES string of the molecule is COc1ccc([C@H]2CC(c3cccs3)=NN2C(=O)CSc2nnc(CNC(=O)Cc3ccccc3)n2CCc2ccccc2)cc1. The summed E-state index contributed by atoms with van der Waals surface area (Å²) in [4.78, 5) is 27.5. The highest BCUT2D eigenvalue weighted by Crippen LogP contribution is 2.35. The lowest BCUT2D eigenvalue weighted by molar-refractivity contribution is -0.130. The standard InChI is InChI=1S/C35H34N6O3S2/c1-44-28-16-14-27(15-17-28)30-22-29(31-13-8-20-45-31)39-41(30)34(43)24-46-35-38-37-32(40(35)19-18-25-9-4-2-5-10-25)23-36-33(42)21-26-11-6-3-7-12-26/h2-17,20,30H,18-19,21-24H2,1H3,(H,36,42)/t30-/m1/s1. The molecule has 1 aliphatic heterocycles. The van der Waals surface area contributed by atoms with Gasteiger partial charge in [-0.2, -0.15) is 5.10 Å². The molecule has 6 rings (SSSR count). The molecule has 3 aromatic carbocycles. The molecule has 9 nitrogen and oxygen atoms in total. The van der Waals surface area contributed by atoms with Gasteiger partial charge in [0.2, 0.25) is 5.91 Å². The molecule has 2 amide bonds. The highest BCUT2D eigenvalue weighted by atomic mass is 32.2. The highest BCUT2D eigenvalue weighted by molar-refractivity contribution is 7.99. The lowest BCUT2D eigenvalue weighted by atomic mass is 10.0. The first-order valence-electron chi connectivity index (χ1n) is 15.0. The molecule has 0 spiro atoms. The Morgan fingerprint density at radius 1 is 0.935 bits per heavy atom. The van der Waals surface area contributed by atoms with Gasteiger partial charge >= 0.3 is 0 Å². The smallest absolute Gasteiger partial charge is 0.253 e. The van der Waals surface area contributed by atoms with E-state index in [2.05, 4.69) is 27.6 Å². The summed E-state index contributed by atoms with van der Waals surface area (Å²) in [5, 5.41) is 20.9. The second kappa shape index (κ2) is 15.0. The maximum atomic E-state index is 13.8. The van der Waals surface area contributed by atoms with Gasteiger partial charge in [0.05, 0.1) is 42.5 Å². The van der Waals surface area contributed by atoms with Crippen molar-refractivity contribution in [1.29, 1.82) is 0 Å². The quantitative estimate of drug-likeness (QED) is 0.159. The number of carbonyl (C=O) groups is 2. The first-order chi connectivity index (χ1) is 22.6. The molecule has 0 aliphatic carbocycles. The number of methoxy groups -OCH3 is 1. The van der Waals surface area contributed by atoms with Crippen molar-refractivity contribution < 1.29 is 14.3 Å². The maximum absolute atomic E-state index is 13.8. The molecule has 0 fully saturated rings. The molecule has 1 atom stereocenters. The molecule has 0 bridgehead atoms. The highest BCUT2D eigenvalue weighted by Gasteiger charge is 2.33. The normalized spacial score (nSPS) is 14.2. The number of hydrogen-bond donors (Lipinski definition) is 1. The largest absolute Gasteiger partial charge is 0.497 e. The third kappa shape index (κ3) is 7.72. The summed E-state index contributed by atoms with van der Waals surface area (Å²) in [5.74, 6) is 1.33. The van der Waals surface area contributed by atoms with Crippen LogP contribution in [0.2, 0.25) is 0 Å². The van der Waals surface area contributed by atoms with E-state index in [9.17, 15) is 9.59 Å². The first-order valence-corrected chi connectivity index (χ1v) is 16.9. The van der Waals surface area contributed by atoms with E-state index in [4.69, 9.17) is 9.84 Å². The first kappa shape index (κ1) is 31.3. The van der Waals surface area contributed by atoms with Gasteiger partial charge in [-0.3, -0.25) is 9.59 Å². The van der Waals surface area contributed by atoms with Gasteiger partial charge in [-0.1, -0.05) is 90.6 Å². The fraction of sp³-hybridized carbons (Fsp3) is 0.229. The number of carbonyl (C=O) groups excluding carboxylic acids is 2. The number of nitrogens with zero attached hydrogens (tertiary/aromatic N) is 5. The summed E-state index contributed by atoms with van der Waals surface area (Å²) in [5.41, 5.74) is 4.01. The minimum Gasteiger partial charge on any atom is -0.497 e. The van der Waals surface area contributed by atoms with E-state index < -0.39 is 0 Å². The van der Waals surface area contributed by atoms with Crippen molar-refractivity contribution in [1.82, 2.24) is 25.1 Å². The second-order valence-corrected chi connectivity index (χ2v) is 12.7. The molecule has 46 heavy (non-hydrogen) atoms. The van der Waals surface area contributed by atoms with Gasteiger partial charge in [0.25, 0.3) is 5.91 Å². The van der Waals surface area contributed by atoms with E-state index in [1.807, 2.05) is 94.9 Å². The average molecular weight is 651 g/mol. The van der Waals surface area contributed by atoms with Crippen LogP contribution in [0.15, 0.2) is 113 Å². The van der Waals surface area contributed by atoms with Crippen LogP contribution in [0.1, 0.15) is 39.9 Å². The van der Waals surface area contributed by atoms with Crippen LogP contribution in [0.3, 0.4) is 0 Å². The number of hydrogen-bond acceptors (Lipinski definition) is 8. The van der Waals surface area contributed by atoms with E-state index in [0.29, 0.717) is 23.9 Å². The molecule has 0 radical (unpaired) electrons. The van der Waals surface area contributed by atoms with Gasteiger partial charge in [0, 0.05) is 13.0 Å². The molecule has 2 aromatic heterocycles. The lowest BCUT2D eigenvalue weighted by Gasteiger charge is -2.22. The lowest BCUT2D eigenvalue weighted by Crippen LogP contribution is -2.29. The monoisotopic (exact) mass is 650 g/mol. The number of thioether (sulfide) groups is 1. The molecule has 0 unspecified atom stereocenters. The molecule has 5 aromatic rings. The zero-order chi connectivity index (χ0) is 31.7. The number of rotatable bonds is 13. The van der Waals surface area contributed by atoms with Crippen LogP contribution in [-0.2, 0) is 35.5 Å². The number of thiophene rings is 1. The zero-order valence-corrected chi connectivity index (χ0v) is 27.0. The van der Waals surface area contributed by atoms with Gasteiger partial charge in [-0.15, -0.1) is 21.5 Å². The number of ether oxygens (including phenoxy) is 1. The Morgan fingerprint density at radius 2 is 1.67 bits per heavy atom. The molecule has 0 saturated heterocycles. The van der Waals surface area contributed by atoms with E-state index in [1.54, 1.807) is 23.5 Å². The van der Waals surface area contributed by atoms with Crippen molar-refractivity contribution in [3.8, 4) is 5.75 Å². The number of hydrazone groups is 1. The Bertz CT molecular complexity index is 1770. The number of benzene rings is 3. The number of aromatic nitrogens is 3. The van der Waals surface area contributed by atoms with Crippen LogP contribution in [0.5, 0.6) is 5.75 Å². The van der Waals surface area contributed by atoms with E-state index in [-0.39, 0.29) is 36.6 Å². The Kier molecular flexibility index (Phi) is 10.2.